The van der Waals surface area contributed by atoms with Crippen LogP contribution < -0.4 is 0 Å². The second-order valence-corrected chi connectivity index (χ2v) is 3.81. The van der Waals surface area contributed by atoms with Gasteiger partial charge in [0, 0.05) is 17.7 Å². The van der Waals surface area contributed by atoms with E-state index in [1.165, 1.54) is 12.3 Å². The highest BCUT2D eigenvalue weighted by Crippen LogP contribution is 2.25. The van der Waals surface area contributed by atoms with Crippen LogP contribution >= 0.6 is 0 Å². The monoisotopic (exact) mass is 222 g/mol. The summed E-state index contributed by atoms with van der Waals surface area (Å²) in [6.45, 7) is 3.16. The van der Waals surface area contributed by atoms with Crippen LogP contribution in [0.5, 0.6) is 0 Å². The number of rotatable bonds is 1. The molecule has 1 fully saturated rings. The maximum Gasteiger partial charge on any atom is 0.185 e. The van der Waals surface area contributed by atoms with E-state index < -0.39 is 12.1 Å². The molecule has 1 aliphatic heterocycles. The molecule has 2 heterocycles. The molecule has 0 aromatic carbocycles. The van der Waals surface area contributed by atoms with Crippen molar-refractivity contribution < 1.29 is 13.9 Å². The minimum Gasteiger partial charge on any atom is -0.348 e. The van der Waals surface area contributed by atoms with E-state index in [-0.39, 0.29) is 5.69 Å². The molecule has 1 aromatic heterocycles. The Labute approximate surface area is 92.6 Å². The lowest BCUT2D eigenvalue weighted by Crippen LogP contribution is -2.25. The molecule has 0 radical (unpaired) electrons. The van der Waals surface area contributed by atoms with Crippen LogP contribution in [-0.2, 0) is 9.47 Å². The van der Waals surface area contributed by atoms with Crippen LogP contribution in [0.2, 0.25) is 0 Å². The van der Waals surface area contributed by atoms with E-state index in [1.807, 2.05) is 6.92 Å². The summed E-state index contributed by atoms with van der Waals surface area (Å²) in [5.41, 5.74) is 0.288. The van der Waals surface area contributed by atoms with E-state index in [9.17, 15) is 4.39 Å². The summed E-state index contributed by atoms with van der Waals surface area (Å²) in [5.74, 6) is -0.307. The van der Waals surface area contributed by atoms with Crippen molar-refractivity contribution in [3.05, 3.63) is 29.3 Å². The molecule has 0 spiro atoms. The highest BCUT2D eigenvalue weighted by molar-refractivity contribution is 5.25. The molecular weight excluding hydrogens is 211 g/mol. The minimum atomic E-state index is -0.647. The zero-order valence-corrected chi connectivity index (χ0v) is 8.81. The Morgan fingerprint density at radius 2 is 2.19 bits per heavy atom. The lowest BCUT2D eigenvalue weighted by molar-refractivity contribution is -0.202. The van der Waals surface area contributed by atoms with E-state index in [0.29, 0.717) is 24.7 Å². The summed E-state index contributed by atoms with van der Waals surface area (Å²) < 4.78 is 24.1. The van der Waals surface area contributed by atoms with Gasteiger partial charge < -0.3 is 9.47 Å². The molecule has 5 heteroatoms. The summed E-state index contributed by atoms with van der Waals surface area (Å²) in [6, 6.07) is 2.89. The van der Waals surface area contributed by atoms with Crippen LogP contribution in [0.25, 0.3) is 0 Å². The van der Waals surface area contributed by atoms with E-state index >= 15 is 0 Å². The Kier molecular flexibility index (Phi) is 3.13. The summed E-state index contributed by atoms with van der Waals surface area (Å²) in [5, 5.41) is 8.54. The number of halogens is 1. The maximum absolute atomic E-state index is 13.3. The first kappa shape index (κ1) is 11.0. The van der Waals surface area contributed by atoms with Gasteiger partial charge in [-0.05, 0) is 6.07 Å². The predicted octanol–water partition coefficient (Wildman–Crippen LogP) is 1.77. The largest absolute Gasteiger partial charge is 0.348 e. The fourth-order valence-electron chi connectivity index (χ4n) is 1.46. The van der Waals surface area contributed by atoms with Crippen LogP contribution in [0.4, 0.5) is 4.39 Å². The van der Waals surface area contributed by atoms with Gasteiger partial charge in [-0.1, -0.05) is 6.92 Å². The molecule has 84 valence electrons. The fraction of sp³-hybridized carbons (Fsp3) is 0.455. The van der Waals surface area contributed by atoms with Crippen LogP contribution in [0.15, 0.2) is 12.3 Å². The first-order valence-electron chi connectivity index (χ1n) is 4.99. The lowest BCUT2D eigenvalue weighted by atomic mass is 10.2. The van der Waals surface area contributed by atoms with Gasteiger partial charge in [-0.2, -0.15) is 5.26 Å². The zero-order valence-electron chi connectivity index (χ0n) is 8.81. The Hall–Kier alpha value is -1.51. The molecule has 0 amide bonds. The first-order valence-corrected chi connectivity index (χ1v) is 4.99. The van der Waals surface area contributed by atoms with Crippen molar-refractivity contribution >= 4 is 0 Å². The molecule has 0 N–H and O–H groups in total. The van der Waals surface area contributed by atoms with Gasteiger partial charge in [-0.15, -0.1) is 0 Å². The van der Waals surface area contributed by atoms with Crippen molar-refractivity contribution in [3.63, 3.8) is 0 Å². The Bertz CT molecular complexity index is 422. The molecule has 1 aliphatic rings. The number of nitrogens with zero attached hydrogens (tertiary/aromatic N) is 2. The fourth-order valence-corrected chi connectivity index (χ4v) is 1.46. The highest BCUT2D eigenvalue weighted by atomic mass is 19.1. The van der Waals surface area contributed by atoms with E-state index in [1.54, 1.807) is 6.07 Å². The molecule has 0 unspecified atom stereocenters. The third-order valence-electron chi connectivity index (χ3n) is 2.30. The van der Waals surface area contributed by atoms with E-state index in [4.69, 9.17) is 14.7 Å². The standard InChI is InChI=1S/C11H11FN2O2/c1-7-5-15-11(16-6-7)8-2-9(12)10(3-13)14-4-8/h2,4,7,11H,5-6H2,1H3. The molecule has 1 saturated heterocycles. The van der Waals surface area contributed by atoms with Gasteiger partial charge in [0.2, 0.25) is 0 Å². The smallest absolute Gasteiger partial charge is 0.185 e. The number of ether oxygens (including phenoxy) is 2. The van der Waals surface area contributed by atoms with Crippen LogP contribution in [0, 0.1) is 23.1 Å². The van der Waals surface area contributed by atoms with Gasteiger partial charge in [0.15, 0.2) is 17.8 Å². The molecule has 0 atom stereocenters. The minimum absolute atomic E-state index is 0.215. The summed E-state index contributed by atoms with van der Waals surface area (Å²) >= 11 is 0. The summed E-state index contributed by atoms with van der Waals surface area (Å²) in [4.78, 5) is 3.69. The number of hydrogen-bond acceptors (Lipinski definition) is 4. The average molecular weight is 222 g/mol. The SMILES string of the molecule is CC1COC(c2cnc(C#N)c(F)c2)OC1. The molecule has 0 aliphatic carbocycles. The first-order chi connectivity index (χ1) is 7.70. The zero-order chi connectivity index (χ0) is 11.5. The molecule has 0 saturated carbocycles. The number of nitriles is 1. The van der Waals surface area contributed by atoms with Crippen LogP contribution in [0.1, 0.15) is 24.5 Å². The van der Waals surface area contributed by atoms with E-state index in [2.05, 4.69) is 4.98 Å². The van der Waals surface area contributed by atoms with Crippen molar-refractivity contribution in [1.82, 2.24) is 4.98 Å². The normalized spacial score (nSPS) is 25.1. The van der Waals surface area contributed by atoms with Gasteiger partial charge in [0.25, 0.3) is 0 Å². The summed E-state index contributed by atoms with van der Waals surface area (Å²) in [6.07, 6.45) is 0.827. The second-order valence-electron chi connectivity index (χ2n) is 3.81. The van der Waals surface area contributed by atoms with Gasteiger partial charge in [0.1, 0.15) is 6.07 Å². The molecule has 4 nitrogen and oxygen atoms in total. The predicted molar refractivity (Wildman–Crippen MR) is 52.7 cm³/mol. The van der Waals surface area contributed by atoms with Crippen LogP contribution in [-0.4, -0.2) is 18.2 Å². The molecule has 16 heavy (non-hydrogen) atoms. The Balaban J connectivity index is 2.16. The topological polar surface area (TPSA) is 55.1 Å². The van der Waals surface area contributed by atoms with E-state index in [0.717, 1.165) is 0 Å². The second kappa shape index (κ2) is 4.56. The van der Waals surface area contributed by atoms with Crippen molar-refractivity contribution in [2.24, 2.45) is 5.92 Å². The van der Waals surface area contributed by atoms with Gasteiger partial charge in [0.05, 0.1) is 13.2 Å². The number of aromatic nitrogens is 1. The molecular formula is C11H11FN2O2. The van der Waals surface area contributed by atoms with Crippen molar-refractivity contribution in [2.75, 3.05) is 13.2 Å². The third kappa shape index (κ3) is 2.18. The number of hydrogen-bond donors (Lipinski definition) is 0. The van der Waals surface area contributed by atoms with Gasteiger partial charge in [-0.3, -0.25) is 0 Å². The quantitative estimate of drug-likeness (QED) is 0.726. The Morgan fingerprint density at radius 3 is 2.75 bits per heavy atom. The maximum atomic E-state index is 13.3. The average Bonchev–Trinajstić information content (AvgIpc) is 2.30. The van der Waals surface area contributed by atoms with Gasteiger partial charge >= 0.3 is 0 Å². The molecule has 1 aromatic rings. The Morgan fingerprint density at radius 1 is 1.50 bits per heavy atom. The van der Waals surface area contributed by atoms with Crippen molar-refractivity contribution in [2.45, 2.75) is 13.2 Å². The summed E-state index contributed by atoms with van der Waals surface area (Å²) in [7, 11) is 0. The van der Waals surface area contributed by atoms with Crippen LogP contribution in [0.3, 0.4) is 0 Å². The highest BCUT2D eigenvalue weighted by Gasteiger charge is 2.22. The third-order valence-corrected chi connectivity index (χ3v) is 2.30. The van der Waals surface area contributed by atoms with Crippen molar-refractivity contribution in [1.29, 1.82) is 5.26 Å². The lowest BCUT2D eigenvalue weighted by Gasteiger charge is -2.27. The van der Waals surface area contributed by atoms with Crippen molar-refractivity contribution in [3.8, 4) is 6.07 Å². The number of pyridine rings is 1. The van der Waals surface area contributed by atoms with Gasteiger partial charge in [-0.25, -0.2) is 9.37 Å². The molecule has 2 rings (SSSR count). The molecule has 0 bridgehead atoms.